The highest BCUT2D eigenvalue weighted by molar-refractivity contribution is 5.31. The second-order valence-corrected chi connectivity index (χ2v) is 7.60. The summed E-state index contributed by atoms with van der Waals surface area (Å²) in [5, 5.41) is 3.99. The van der Waals surface area contributed by atoms with E-state index in [1.807, 2.05) is 0 Å². The van der Waals surface area contributed by atoms with E-state index in [1.165, 1.54) is 51.4 Å². The van der Waals surface area contributed by atoms with Crippen LogP contribution in [0.2, 0.25) is 0 Å². The molecule has 1 fully saturated rings. The summed E-state index contributed by atoms with van der Waals surface area (Å²) in [6, 6.07) is 10.4. The summed E-state index contributed by atoms with van der Waals surface area (Å²) in [6.07, 6.45) is 10.8. The van der Waals surface area contributed by atoms with Crippen LogP contribution in [0.1, 0.15) is 76.0 Å². The predicted molar refractivity (Wildman–Crippen MR) is 85.9 cm³/mol. The highest BCUT2D eigenvalue weighted by atomic mass is 15.0. The van der Waals surface area contributed by atoms with Gasteiger partial charge in [0.25, 0.3) is 0 Å². The summed E-state index contributed by atoms with van der Waals surface area (Å²) in [5.74, 6) is 0. The summed E-state index contributed by atoms with van der Waals surface area (Å²) in [4.78, 5) is 0. The summed E-state index contributed by atoms with van der Waals surface area (Å²) < 4.78 is 0. The van der Waals surface area contributed by atoms with Gasteiger partial charge in [-0.3, -0.25) is 0 Å². The van der Waals surface area contributed by atoms with Gasteiger partial charge in [0.15, 0.2) is 0 Å². The van der Waals surface area contributed by atoms with Gasteiger partial charge < -0.3 is 5.32 Å². The Labute approximate surface area is 124 Å². The minimum atomic E-state index is 0.569. The van der Waals surface area contributed by atoms with Crippen LogP contribution in [0.3, 0.4) is 0 Å². The molecule has 0 aliphatic heterocycles. The monoisotopic (exact) mass is 271 g/mol. The van der Waals surface area contributed by atoms with E-state index in [2.05, 4.69) is 43.4 Å². The molecule has 1 aromatic carbocycles. The lowest BCUT2D eigenvalue weighted by Gasteiger charge is -2.36. The maximum absolute atomic E-state index is 3.99. The van der Waals surface area contributed by atoms with Gasteiger partial charge in [-0.1, -0.05) is 44.5 Å². The van der Waals surface area contributed by atoms with Gasteiger partial charge in [0.2, 0.25) is 0 Å². The van der Waals surface area contributed by atoms with E-state index in [9.17, 15) is 0 Å². The first-order valence-corrected chi connectivity index (χ1v) is 8.48. The van der Waals surface area contributed by atoms with E-state index in [-0.39, 0.29) is 0 Å². The minimum Gasteiger partial charge on any atom is -0.307 e. The highest BCUT2D eigenvalue weighted by Crippen LogP contribution is 2.37. The molecule has 0 saturated heterocycles. The van der Waals surface area contributed by atoms with Crippen LogP contribution in [0.15, 0.2) is 24.3 Å². The average Bonchev–Trinajstić information content (AvgIpc) is 2.64. The molecule has 1 unspecified atom stereocenters. The van der Waals surface area contributed by atoms with Crippen molar-refractivity contribution in [2.24, 2.45) is 5.41 Å². The standard InChI is InChI=1S/C19H29N/c1-19(2)13-11-16(12-14-19)20-18-10-6-4-8-15-7-3-5-9-17(15)18/h3,5,7,9,16,18,20H,4,6,8,10-14H2,1-2H3. The molecular weight excluding hydrogens is 242 g/mol. The molecule has 20 heavy (non-hydrogen) atoms. The van der Waals surface area contributed by atoms with E-state index < -0.39 is 0 Å². The van der Waals surface area contributed by atoms with Gasteiger partial charge in [-0.15, -0.1) is 0 Å². The Kier molecular flexibility index (Phi) is 4.16. The molecule has 110 valence electrons. The van der Waals surface area contributed by atoms with E-state index in [0.717, 1.165) is 6.04 Å². The van der Waals surface area contributed by atoms with Gasteiger partial charge in [0.1, 0.15) is 0 Å². The highest BCUT2D eigenvalue weighted by Gasteiger charge is 2.29. The van der Waals surface area contributed by atoms with Crippen LogP contribution in [0.25, 0.3) is 0 Å². The fraction of sp³-hybridized carbons (Fsp3) is 0.684. The number of nitrogens with one attached hydrogen (secondary N) is 1. The van der Waals surface area contributed by atoms with Crippen LogP contribution in [0, 0.1) is 5.41 Å². The first-order chi connectivity index (χ1) is 9.64. The number of rotatable bonds is 2. The first kappa shape index (κ1) is 14.1. The van der Waals surface area contributed by atoms with Crippen LogP contribution < -0.4 is 5.32 Å². The van der Waals surface area contributed by atoms with Crippen molar-refractivity contribution in [2.75, 3.05) is 0 Å². The molecule has 1 heteroatoms. The molecule has 0 amide bonds. The number of hydrogen-bond donors (Lipinski definition) is 1. The summed E-state index contributed by atoms with van der Waals surface area (Å²) >= 11 is 0. The zero-order chi connectivity index (χ0) is 14.0. The van der Waals surface area contributed by atoms with Crippen molar-refractivity contribution in [3.8, 4) is 0 Å². The Morgan fingerprint density at radius 2 is 1.75 bits per heavy atom. The SMILES string of the molecule is CC1(C)CCC(NC2CCCCc3ccccc32)CC1. The topological polar surface area (TPSA) is 12.0 Å². The van der Waals surface area contributed by atoms with E-state index >= 15 is 0 Å². The molecule has 0 radical (unpaired) electrons. The molecule has 0 bridgehead atoms. The second kappa shape index (κ2) is 5.89. The number of aryl methyl sites for hydroxylation is 1. The van der Waals surface area contributed by atoms with Crippen molar-refractivity contribution >= 4 is 0 Å². The van der Waals surface area contributed by atoms with Crippen molar-refractivity contribution in [3.63, 3.8) is 0 Å². The smallest absolute Gasteiger partial charge is 0.0325 e. The Bertz CT molecular complexity index is 439. The van der Waals surface area contributed by atoms with Gasteiger partial charge in [-0.05, 0) is 61.5 Å². The third-order valence-corrected chi connectivity index (χ3v) is 5.40. The first-order valence-electron chi connectivity index (χ1n) is 8.48. The molecule has 1 saturated carbocycles. The van der Waals surface area contributed by atoms with Crippen LogP contribution in [0.4, 0.5) is 0 Å². The molecule has 1 nitrogen and oxygen atoms in total. The van der Waals surface area contributed by atoms with Crippen molar-refractivity contribution in [2.45, 2.75) is 77.3 Å². The number of benzene rings is 1. The van der Waals surface area contributed by atoms with Gasteiger partial charge in [0, 0.05) is 12.1 Å². The molecule has 1 N–H and O–H groups in total. The van der Waals surface area contributed by atoms with Crippen LogP contribution in [0.5, 0.6) is 0 Å². The average molecular weight is 271 g/mol. The minimum absolute atomic E-state index is 0.569. The zero-order valence-electron chi connectivity index (χ0n) is 13.1. The Morgan fingerprint density at radius 1 is 1.00 bits per heavy atom. The lowest BCUT2D eigenvalue weighted by Crippen LogP contribution is -2.38. The van der Waals surface area contributed by atoms with Crippen LogP contribution in [-0.4, -0.2) is 6.04 Å². The molecule has 0 aromatic heterocycles. The van der Waals surface area contributed by atoms with Gasteiger partial charge in [-0.25, -0.2) is 0 Å². The van der Waals surface area contributed by atoms with Gasteiger partial charge in [0.05, 0.1) is 0 Å². The quantitative estimate of drug-likeness (QED) is 0.745. The molecule has 3 rings (SSSR count). The fourth-order valence-corrected chi connectivity index (χ4v) is 3.94. The van der Waals surface area contributed by atoms with Crippen LogP contribution >= 0.6 is 0 Å². The van der Waals surface area contributed by atoms with Crippen molar-refractivity contribution in [1.29, 1.82) is 0 Å². The Hall–Kier alpha value is -0.820. The van der Waals surface area contributed by atoms with E-state index in [0.29, 0.717) is 11.5 Å². The Balaban J connectivity index is 1.68. The fourth-order valence-electron chi connectivity index (χ4n) is 3.94. The zero-order valence-corrected chi connectivity index (χ0v) is 13.1. The predicted octanol–water partition coefficient (Wildman–Crippen LogP) is 5.01. The molecular formula is C19H29N. The van der Waals surface area contributed by atoms with Crippen molar-refractivity contribution in [3.05, 3.63) is 35.4 Å². The maximum Gasteiger partial charge on any atom is 0.0325 e. The second-order valence-electron chi connectivity index (χ2n) is 7.60. The molecule has 0 heterocycles. The van der Waals surface area contributed by atoms with Gasteiger partial charge >= 0.3 is 0 Å². The third kappa shape index (κ3) is 3.25. The lowest BCUT2D eigenvalue weighted by molar-refractivity contribution is 0.196. The Morgan fingerprint density at radius 3 is 2.55 bits per heavy atom. The van der Waals surface area contributed by atoms with Crippen molar-refractivity contribution in [1.82, 2.24) is 5.32 Å². The number of hydrogen-bond acceptors (Lipinski definition) is 1. The molecule has 1 atom stereocenters. The molecule has 2 aliphatic carbocycles. The summed E-state index contributed by atoms with van der Waals surface area (Å²) in [7, 11) is 0. The maximum atomic E-state index is 3.99. The summed E-state index contributed by atoms with van der Waals surface area (Å²) in [6.45, 7) is 4.84. The largest absolute Gasteiger partial charge is 0.307 e. The van der Waals surface area contributed by atoms with E-state index in [4.69, 9.17) is 0 Å². The van der Waals surface area contributed by atoms with Gasteiger partial charge in [-0.2, -0.15) is 0 Å². The lowest BCUT2D eigenvalue weighted by atomic mass is 9.75. The molecule has 2 aliphatic rings. The van der Waals surface area contributed by atoms with Crippen LogP contribution in [-0.2, 0) is 6.42 Å². The van der Waals surface area contributed by atoms with E-state index in [1.54, 1.807) is 11.1 Å². The summed E-state index contributed by atoms with van der Waals surface area (Å²) in [5.41, 5.74) is 3.73. The molecule has 1 aromatic rings. The molecule has 0 spiro atoms. The van der Waals surface area contributed by atoms with Crippen molar-refractivity contribution < 1.29 is 0 Å². The number of fused-ring (bicyclic) bond motifs is 1. The normalized spacial score (nSPS) is 26.8. The third-order valence-electron chi connectivity index (χ3n) is 5.40.